The van der Waals surface area contributed by atoms with Gasteiger partial charge in [-0.25, -0.2) is 0 Å². The van der Waals surface area contributed by atoms with E-state index in [-0.39, 0.29) is 5.69 Å². The van der Waals surface area contributed by atoms with E-state index >= 15 is 0 Å². The number of rotatable bonds is 6. The molecule has 1 aromatic carbocycles. The van der Waals surface area contributed by atoms with Crippen LogP contribution in [0, 0.1) is 21.4 Å². The van der Waals surface area contributed by atoms with Gasteiger partial charge in [0.15, 0.2) is 0 Å². The summed E-state index contributed by atoms with van der Waals surface area (Å²) in [6.07, 6.45) is 0.395. The van der Waals surface area contributed by atoms with Crippen molar-refractivity contribution >= 4 is 17.3 Å². The smallest absolute Gasteiger partial charge is 0.275 e. The molecule has 0 saturated carbocycles. The molecule has 0 aromatic heterocycles. The minimum atomic E-state index is -0.431. The molecule has 96 valence electrons. The van der Waals surface area contributed by atoms with Crippen molar-refractivity contribution in [1.29, 1.82) is 5.26 Å². The Hall–Kier alpha value is -1.64. The molecule has 0 fully saturated rings. The second kappa shape index (κ2) is 6.94. The molecule has 18 heavy (non-hydrogen) atoms. The molecule has 0 unspecified atom stereocenters. The molecule has 1 rings (SSSR count). The first kappa shape index (κ1) is 14.4. The van der Waals surface area contributed by atoms with Gasteiger partial charge >= 0.3 is 0 Å². The van der Waals surface area contributed by atoms with E-state index < -0.39 is 4.92 Å². The van der Waals surface area contributed by atoms with E-state index in [2.05, 4.69) is 6.07 Å². The number of hydrogen-bond donors (Lipinski definition) is 0. The number of hydrogen-bond acceptors (Lipinski definition) is 4. The van der Waals surface area contributed by atoms with Crippen LogP contribution in [0.2, 0.25) is 5.02 Å². The summed E-state index contributed by atoms with van der Waals surface area (Å²) in [5, 5.41) is 19.9. The van der Waals surface area contributed by atoms with Gasteiger partial charge in [0.2, 0.25) is 0 Å². The Morgan fingerprint density at radius 1 is 1.56 bits per heavy atom. The fourth-order valence-corrected chi connectivity index (χ4v) is 1.88. The molecule has 0 aliphatic rings. The van der Waals surface area contributed by atoms with Gasteiger partial charge in [-0.1, -0.05) is 24.6 Å². The summed E-state index contributed by atoms with van der Waals surface area (Å²) in [6.45, 7) is 3.62. The highest BCUT2D eigenvalue weighted by Crippen LogP contribution is 2.27. The summed E-state index contributed by atoms with van der Waals surface area (Å²) in [5.74, 6) is 0. The van der Waals surface area contributed by atoms with E-state index in [0.29, 0.717) is 36.6 Å². The molecule has 0 aliphatic carbocycles. The molecule has 1 aromatic rings. The zero-order chi connectivity index (χ0) is 13.5. The highest BCUT2D eigenvalue weighted by atomic mass is 35.5. The van der Waals surface area contributed by atoms with Crippen molar-refractivity contribution in [3.8, 4) is 6.07 Å². The molecule has 0 aliphatic heterocycles. The van der Waals surface area contributed by atoms with Crippen molar-refractivity contribution in [3.05, 3.63) is 38.9 Å². The molecular weight excluding hydrogens is 254 g/mol. The van der Waals surface area contributed by atoms with Crippen molar-refractivity contribution < 1.29 is 4.92 Å². The Morgan fingerprint density at radius 3 is 2.83 bits per heavy atom. The van der Waals surface area contributed by atoms with E-state index in [4.69, 9.17) is 16.9 Å². The Labute approximate surface area is 111 Å². The van der Waals surface area contributed by atoms with E-state index in [1.165, 1.54) is 6.07 Å². The number of benzene rings is 1. The summed E-state index contributed by atoms with van der Waals surface area (Å²) in [4.78, 5) is 12.5. The van der Waals surface area contributed by atoms with Crippen molar-refractivity contribution in [2.45, 2.75) is 19.9 Å². The molecule has 0 N–H and O–H groups in total. The summed E-state index contributed by atoms with van der Waals surface area (Å²) >= 11 is 6.01. The Balaban J connectivity index is 2.94. The summed E-state index contributed by atoms with van der Waals surface area (Å²) < 4.78 is 0. The maximum atomic E-state index is 10.9. The summed E-state index contributed by atoms with van der Waals surface area (Å²) in [6, 6.07) is 6.71. The second-order valence-corrected chi connectivity index (χ2v) is 4.18. The highest BCUT2D eigenvalue weighted by Gasteiger charge is 2.18. The summed E-state index contributed by atoms with van der Waals surface area (Å²) in [5.41, 5.74) is 0.530. The third-order valence-corrected chi connectivity index (χ3v) is 3.01. The van der Waals surface area contributed by atoms with Crippen molar-refractivity contribution in [2.75, 3.05) is 13.1 Å². The fourth-order valence-electron chi connectivity index (χ4n) is 1.66. The monoisotopic (exact) mass is 267 g/mol. The number of nitriles is 1. The predicted octanol–water partition coefficient (Wildman–Crippen LogP) is 2.98. The molecule has 0 spiro atoms. The van der Waals surface area contributed by atoms with Crippen molar-refractivity contribution in [3.63, 3.8) is 0 Å². The molecule has 0 saturated heterocycles. The zero-order valence-electron chi connectivity index (χ0n) is 10.1. The Kier molecular flexibility index (Phi) is 5.56. The molecule has 0 amide bonds. The first-order valence-corrected chi connectivity index (χ1v) is 5.99. The first-order valence-electron chi connectivity index (χ1n) is 5.61. The molecule has 0 heterocycles. The van der Waals surface area contributed by atoms with Crippen LogP contribution < -0.4 is 0 Å². The van der Waals surface area contributed by atoms with Crippen LogP contribution in [0.5, 0.6) is 0 Å². The van der Waals surface area contributed by atoms with E-state index in [0.717, 1.165) is 0 Å². The van der Waals surface area contributed by atoms with Crippen LogP contribution in [0.3, 0.4) is 0 Å². The van der Waals surface area contributed by atoms with Gasteiger partial charge in [-0.3, -0.25) is 15.0 Å². The molecule has 0 atom stereocenters. The van der Waals surface area contributed by atoms with E-state index in [9.17, 15) is 10.1 Å². The molecule has 0 bridgehead atoms. The van der Waals surface area contributed by atoms with Crippen LogP contribution in [0.1, 0.15) is 18.9 Å². The number of nitro benzene ring substituents is 1. The maximum absolute atomic E-state index is 10.9. The standard InChI is InChI=1S/C12H14ClN3O2/c1-2-15(8-4-7-14)9-10-11(13)5-3-6-12(10)16(17)18/h3,5-6H,2,4,8-9H2,1H3. The Bertz CT molecular complexity index is 471. The third kappa shape index (κ3) is 3.69. The van der Waals surface area contributed by atoms with Gasteiger partial charge in [0, 0.05) is 25.6 Å². The average molecular weight is 268 g/mol. The van der Waals surface area contributed by atoms with Gasteiger partial charge < -0.3 is 0 Å². The zero-order valence-corrected chi connectivity index (χ0v) is 10.9. The number of nitrogens with zero attached hydrogens (tertiary/aromatic N) is 3. The third-order valence-electron chi connectivity index (χ3n) is 2.66. The Morgan fingerprint density at radius 2 is 2.28 bits per heavy atom. The van der Waals surface area contributed by atoms with Gasteiger partial charge in [-0.2, -0.15) is 5.26 Å². The highest BCUT2D eigenvalue weighted by molar-refractivity contribution is 6.31. The second-order valence-electron chi connectivity index (χ2n) is 3.77. The van der Waals surface area contributed by atoms with E-state index in [1.54, 1.807) is 12.1 Å². The molecule has 5 nitrogen and oxygen atoms in total. The fraction of sp³-hybridized carbons (Fsp3) is 0.417. The van der Waals surface area contributed by atoms with Gasteiger partial charge in [0.05, 0.1) is 21.6 Å². The first-order chi connectivity index (χ1) is 8.60. The quantitative estimate of drug-likeness (QED) is 0.587. The maximum Gasteiger partial charge on any atom is 0.275 e. The lowest BCUT2D eigenvalue weighted by Crippen LogP contribution is -2.24. The molecule has 6 heteroatoms. The normalized spacial score (nSPS) is 10.3. The van der Waals surface area contributed by atoms with Gasteiger partial charge in [0.1, 0.15) is 0 Å². The van der Waals surface area contributed by atoms with Crippen LogP contribution in [0.25, 0.3) is 0 Å². The van der Waals surface area contributed by atoms with Gasteiger partial charge in [-0.15, -0.1) is 0 Å². The lowest BCUT2D eigenvalue weighted by Gasteiger charge is -2.19. The molecule has 0 radical (unpaired) electrons. The molecular formula is C12H14ClN3O2. The van der Waals surface area contributed by atoms with E-state index in [1.807, 2.05) is 11.8 Å². The minimum Gasteiger partial charge on any atom is -0.298 e. The summed E-state index contributed by atoms with van der Waals surface area (Å²) in [7, 11) is 0. The van der Waals surface area contributed by atoms with Crippen molar-refractivity contribution in [2.24, 2.45) is 0 Å². The minimum absolute atomic E-state index is 0.0258. The van der Waals surface area contributed by atoms with Crippen LogP contribution in [-0.4, -0.2) is 22.9 Å². The number of halogens is 1. The van der Waals surface area contributed by atoms with Crippen LogP contribution >= 0.6 is 11.6 Å². The van der Waals surface area contributed by atoms with Gasteiger partial charge in [0.25, 0.3) is 5.69 Å². The predicted molar refractivity (Wildman–Crippen MR) is 69.3 cm³/mol. The van der Waals surface area contributed by atoms with Crippen LogP contribution in [0.15, 0.2) is 18.2 Å². The van der Waals surface area contributed by atoms with Crippen molar-refractivity contribution in [1.82, 2.24) is 4.90 Å². The average Bonchev–Trinajstić information content (AvgIpc) is 2.35. The topological polar surface area (TPSA) is 70.2 Å². The lowest BCUT2D eigenvalue weighted by atomic mass is 10.1. The van der Waals surface area contributed by atoms with Crippen LogP contribution in [0.4, 0.5) is 5.69 Å². The largest absolute Gasteiger partial charge is 0.298 e. The SMILES string of the molecule is CCN(CCC#N)Cc1c(Cl)cccc1[N+](=O)[O-]. The van der Waals surface area contributed by atoms with Crippen LogP contribution in [-0.2, 0) is 6.54 Å². The van der Waals surface area contributed by atoms with Gasteiger partial charge in [-0.05, 0) is 12.6 Å². The number of nitro groups is 1. The lowest BCUT2D eigenvalue weighted by molar-refractivity contribution is -0.385.